The highest BCUT2D eigenvalue weighted by Crippen LogP contribution is 3.02. The van der Waals surface area contributed by atoms with E-state index in [1.165, 1.54) is 18.5 Å². The molecule has 14 heteroatoms. The Labute approximate surface area is 167 Å². The summed E-state index contributed by atoms with van der Waals surface area (Å²) >= 11 is 0. The largest absolute Gasteiger partial charge is 0.417 e. The molecule has 0 spiro atoms. The Morgan fingerprint density at radius 3 is 2.27 bits per heavy atom. The van der Waals surface area contributed by atoms with E-state index in [1.54, 1.807) is 0 Å². The van der Waals surface area contributed by atoms with Gasteiger partial charge in [-0.15, -0.1) is 0 Å². The van der Waals surface area contributed by atoms with E-state index in [2.05, 4.69) is 9.97 Å². The summed E-state index contributed by atoms with van der Waals surface area (Å²) in [7, 11) is -10.8. The molecule has 30 heavy (non-hydrogen) atoms. The Morgan fingerprint density at radius 1 is 1.10 bits per heavy atom. The number of rotatable bonds is 4. The lowest BCUT2D eigenvalue weighted by molar-refractivity contribution is -0.137. The van der Waals surface area contributed by atoms with Crippen LogP contribution >= 0.6 is 10.2 Å². The average Bonchev–Trinajstić information content (AvgIpc) is 2.94. The highest BCUT2D eigenvalue weighted by Gasteiger charge is 2.65. The maximum absolute atomic E-state index is 13.2. The van der Waals surface area contributed by atoms with Crippen molar-refractivity contribution in [3.8, 4) is 11.4 Å². The van der Waals surface area contributed by atoms with Crippen LogP contribution in [0.2, 0.25) is 0 Å². The Hall–Kier alpha value is -2.22. The molecule has 0 aliphatic rings. The lowest BCUT2D eigenvalue weighted by Gasteiger charge is -2.40. The van der Waals surface area contributed by atoms with Gasteiger partial charge in [0.2, 0.25) is 0 Å². The van der Waals surface area contributed by atoms with Crippen molar-refractivity contribution in [1.82, 2.24) is 14.5 Å². The molecule has 2 heterocycles. The van der Waals surface area contributed by atoms with Crippen LogP contribution in [0.5, 0.6) is 0 Å². The summed E-state index contributed by atoms with van der Waals surface area (Å²) in [5.74, 6) is -0.348. The van der Waals surface area contributed by atoms with Gasteiger partial charge in [-0.25, -0.2) is 9.97 Å². The normalized spacial score (nSPS) is 16.3. The van der Waals surface area contributed by atoms with Gasteiger partial charge in [0.1, 0.15) is 16.2 Å². The number of aromatic nitrogens is 3. The summed E-state index contributed by atoms with van der Waals surface area (Å²) in [6, 6.07) is 1.62. The molecule has 0 radical (unpaired) electrons. The summed E-state index contributed by atoms with van der Waals surface area (Å²) in [6.07, 6.45) is -4.13. The zero-order valence-corrected chi connectivity index (χ0v) is 16.8. The zero-order valence-electron chi connectivity index (χ0n) is 15.2. The fraction of sp³-hybridized carbons (Fsp3) is 0.250. The van der Waals surface area contributed by atoms with E-state index in [4.69, 9.17) is 0 Å². The molecule has 1 unspecified atom stereocenters. The Bertz CT molecular complexity index is 1190. The number of aryl methyl sites for hydroxylation is 1. The van der Waals surface area contributed by atoms with Crippen LogP contribution in [-0.4, -0.2) is 24.5 Å². The first-order chi connectivity index (χ1) is 13.4. The first-order valence-corrected chi connectivity index (χ1v) is 11.4. The van der Waals surface area contributed by atoms with Crippen LogP contribution in [0.15, 0.2) is 40.3 Å². The molecule has 1 aromatic carbocycles. The second-order valence-corrected chi connectivity index (χ2v) is 10.4. The van der Waals surface area contributed by atoms with Crippen molar-refractivity contribution < 1.29 is 36.8 Å². The Balaban J connectivity index is 2.28. The SMILES string of the molecule is CCS(=O)c1cc(S(F)(F)(F)(F)F)ccc1-c1nc2cc(C(F)(F)F)cnc2n1C. The minimum atomic E-state index is -10.0. The van der Waals surface area contributed by atoms with Crippen molar-refractivity contribution in [2.45, 2.75) is 22.9 Å². The number of hydrogen-bond donors (Lipinski definition) is 0. The number of fused-ring (bicyclic) bond motifs is 1. The highest BCUT2D eigenvalue weighted by atomic mass is 32.5. The molecule has 4 nitrogen and oxygen atoms in total. The predicted octanol–water partition coefficient (Wildman–Crippen LogP) is 6.44. The van der Waals surface area contributed by atoms with Crippen molar-refractivity contribution in [2.24, 2.45) is 7.05 Å². The third kappa shape index (κ3) is 4.15. The molecule has 3 rings (SSSR count). The fourth-order valence-electron chi connectivity index (χ4n) is 2.74. The summed E-state index contributed by atoms with van der Waals surface area (Å²) < 4.78 is 118. The quantitative estimate of drug-likeness (QED) is 0.405. The minimum Gasteiger partial charge on any atom is -0.312 e. The number of benzene rings is 1. The van der Waals surface area contributed by atoms with Crippen LogP contribution < -0.4 is 0 Å². The van der Waals surface area contributed by atoms with Gasteiger partial charge in [0.05, 0.1) is 21.3 Å². The fourth-order valence-corrected chi connectivity index (χ4v) is 4.46. The molecule has 0 bridgehead atoms. The lowest BCUT2D eigenvalue weighted by Crippen LogP contribution is -2.09. The molecule has 0 saturated carbocycles. The van der Waals surface area contributed by atoms with Crippen LogP contribution in [0, 0.1) is 0 Å². The Morgan fingerprint density at radius 2 is 1.73 bits per heavy atom. The van der Waals surface area contributed by atoms with E-state index in [0.29, 0.717) is 18.3 Å². The third-order valence-electron chi connectivity index (χ3n) is 4.18. The monoisotopic (exact) mass is 479 g/mol. The van der Waals surface area contributed by atoms with Crippen LogP contribution in [0.1, 0.15) is 12.5 Å². The van der Waals surface area contributed by atoms with E-state index in [-0.39, 0.29) is 40.4 Å². The molecule has 0 aliphatic carbocycles. The highest BCUT2D eigenvalue weighted by molar-refractivity contribution is 8.45. The third-order valence-corrected chi connectivity index (χ3v) is 6.68. The number of pyridine rings is 1. The van der Waals surface area contributed by atoms with Crippen LogP contribution in [0.3, 0.4) is 0 Å². The Kier molecular flexibility index (Phi) is 4.61. The second-order valence-electron chi connectivity index (χ2n) is 6.32. The summed E-state index contributed by atoms with van der Waals surface area (Å²) in [5, 5.41) is 0. The van der Waals surface area contributed by atoms with Crippen LogP contribution in [-0.2, 0) is 24.0 Å². The van der Waals surface area contributed by atoms with Gasteiger partial charge in [0.25, 0.3) is 0 Å². The molecule has 3 aromatic rings. The van der Waals surface area contributed by atoms with E-state index in [9.17, 15) is 36.8 Å². The van der Waals surface area contributed by atoms with Crippen molar-refractivity contribution >= 4 is 32.2 Å². The summed E-state index contributed by atoms with van der Waals surface area (Å²) in [4.78, 5) is 4.87. The molecule has 0 fully saturated rings. The lowest BCUT2D eigenvalue weighted by atomic mass is 10.2. The van der Waals surface area contributed by atoms with Gasteiger partial charge in [-0.1, -0.05) is 26.4 Å². The average molecular weight is 479 g/mol. The molecule has 0 aliphatic heterocycles. The standard InChI is InChI=1S/C16H13F8N3OS2/c1-3-29(28)13-7-10(30(20,21,22,23)24)4-5-11(13)14-26-12-6-9(16(17,18)19)8-25-15(12)27(14)2/h4-8H,3H2,1-2H3. The zero-order chi connectivity index (χ0) is 22.8. The van der Waals surface area contributed by atoms with Gasteiger partial charge in [-0.05, 0) is 24.3 Å². The topological polar surface area (TPSA) is 47.8 Å². The second kappa shape index (κ2) is 6.15. The number of hydrogen-bond acceptors (Lipinski definition) is 3. The van der Waals surface area contributed by atoms with Crippen LogP contribution in [0.4, 0.5) is 32.6 Å². The van der Waals surface area contributed by atoms with E-state index in [1.807, 2.05) is 0 Å². The summed E-state index contributed by atoms with van der Waals surface area (Å²) in [5.41, 5.74) is -1.52. The predicted molar refractivity (Wildman–Crippen MR) is 97.3 cm³/mol. The molecular formula is C16H13F8N3OS2. The van der Waals surface area contributed by atoms with Crippen molar-refractivity contribution in [3.05, 3.63) is 36.0 Å². The van der Waals surface area contributed by atoms with E-state index < -0.39 is 42.6 Å². The van der Waals surface area contributed by atoms with Gasteiger partial charge in [0.15, 0.2) is 5.65 Å². The van der Waals surface area contributed by atoms with Gasteiger partial charge in [-0.2, -0.15) is 13.2 Å². The van der Waals surface area contributed by atoms with Gasteiger partial charge in [-0.3, -0.25) is 4.21 Å². The van der Waals surface area contributed by atoms with Gasteiger partial charge in [0, 0.05) is 24.6 Å². The summed E-state index contributed by atoms with van der Waals surface area (Å²) in [6.45, 7) is 1.37. The number of halogens is 8. The van der Waals surface area contributed by atoms with Crippen molar-refractivity contribution in [3.63, 3.8) is 0 Å². The molecule has 0 amide bonds. The molecular weight excluding hydrogens is 466 g/mol. The van der Waals surface area contributed by atoms with Crippen molar-refractivity contribution in [2.75, 3.05) is 5.75 Å². The molecule has 166 valence electrons. The maximum Gasteiger partial charge on any atom is 0.417 e. The molecule has 0 saturated heterocycles. The van der Waals surface area contributed by atoms with Crippen LogP contribution in [0.25, 0.3) is 22.6 Å². The molecule has 0 N–H and O–H groups in total. The van der Waals surface area contributed by atoms with Crippen molar-refractivity contribution in [1.29, 1.82) is 0 Å². The smallest absolute Gasteiger partial charge is 0.312 e. The maximum atomic E-state index is 13.2. The number of alkyl halides is 3. The van der Waals surface area contributed by atoms with E-state index >= 15 is 0 Å². The molecule has 1 atom stereocenters. The van der Waals surface area contributed by atoms with Gasteiger partial charge >= 0.3 is 16.4 Å². The van der Waals surface area contributed by atoms with Gasteiger partial charge < -0.3 is 4.57 Å². The minimum absolute atomic E-state index is 0.0250. The molecule has 2 aromatic heterocycles. The first kappa shape index (κ1) is 22.5. The number of nitrogens with zero attached hydrogens (tertiary/aromatic N) is 3. The van der Waals surface area contributed by atoms with E-state index in [0.717, 1.165) is 0 Å². The first-order valence-electron chi connectivity index (χ1n) is 8.09. The number of imidazole rings is 1.